The molecule has 0 unspecified atom stereocenters. The van der Waals surface area contributed by atoms with Gasteiger partial charge in [-0.2, -0.15) is 0 Å². The van der Waals surface area contributed by atoms with E-state index in [1.54, 1.807) is 18.3 Å². The summed E-state index contributed by atoms with van der Waals surface area (Å²) in [7, 11) is 0. The minimum Gasteiger partial charge on any atom is -0.408 e. The number of pyridine rings is 1. The Morgan fingerprint density at radius 1 is 1.28 bits per heavy atom. The Labute approximate surface area is 110 Å². The average Bonchev–Trinajstić information content (AvgIpc) is 2.71. The van der Waals surface area contributed by atoms with E-state index in [4.69, 9.17) is 4.42 Å². The standard InChI is InChI=1S/C12H8BrN3O2/c13-7-1-4-11(14-6-7)15-8-2-3-9-10(5-8)18-12(17)16-9/h1-6H,(H,14,15)(H,16,17). The maximum Gasteiger partial charge on any atom is 0.417 e. The molecule has 0 atom stereocenters. The highest BCUT2D eigenvalue weighted by molar-refractivity contribution is 9.10. The number of rotatable bonds is 2. The summed E-state index contributed by atoms with van der Waals surface area (Å²) >= 11 is 3.32. The van der Waals surface area contributed by atoms with Gasteiger partial charge < -0.3 is 9.73 Å². The van der Waals surface area contributed by atoms with Gasteiger partial charge in [-0.1, -0.05) is 0 Å². The zero-order valence-electron chi connectivity index (χ0n) is 9.11. The third-order valence-corrected chi connectivity index (χ3v) is 2.89. The van der Waals surface area contributed by atoms with E-state index in [1.807, 2.05) is 18.2 Å². The molecule has 0 aliphatic carbocycles. The molecule has 0 saturated heterocycles. The van der Waals surface area contributed by atoms with Crippen LogP contribution >= 0.6 is 15.9 Å². The van der Waals surface area contributed by atoms with Crippen molar-refractivity contribution in [3.05, 3.63) is 51.6 Å². The van der Waals surface area contributed by atoms with E-state index in [-0.39, 0.29) is 0 Å². The van der Waals surface area contributed by atoms with Crippen LogP contribution in [-0.2, 0) is 0 Å². The van der Waals surface area contributed by atoms with Crippen LogP contribution in [0.4, 0.5) is 11.5 Å². The van der Waals surface area contributed by atoms with E-state index in [2.05, 4.69) is 31.2 Å². The molecule has 18 heavy (non-hydrogen) atoms. The van der Waals surface area contributed by atoms with Gasteiger partial charge in [0.05, 0.1) is 5.52 Å². The molecule has 3 aromatic rings. The van der Waals surface area contributed by atoms with Crippen molar-refractivity contribution in [1.29, 1.82) is 0 Å². The summed E-state index contributed by atoms with van der Waals surface area (Å²) < 4.78 is 5.90. The molecule has 2 N–H and O–H groups in total. The molecule has 5 nitrogen and oxygen atoms in total. The Bertz CT molecular complexity index is 746. The number of aromatic nitrogens is 2. The first-order valence-corrected chi connectivity index (χ1v) is 6.01. The molecule has 0 spiro atoms. The van der Waals surface area contributed by atoms with Crippen LogP contribution in [0.25, 0.3) is 11.1 Å². The first-order valence-electron chi connectivity index (χ1n) is 5.22. The molecule has 90 valence electrons. The summed E-state index contributed by atoms with van der Waals surface area (Å²) in [6.07, 6.45) is 1.71. The van der Waals surface area contributed by atoms with Crippen molar-refractivity contribution in [2.45, 2.75) is 0 Å². The minimum absolute atomic E-state index is 0.455. The van der Waals surface area contributed by atoms with Gasteiger partial charge in [-0.3, -0.25) is 4.98 Å². The molecule has 2 heterocycles. The fraction of sp³-hybridized carbons (Fsp3) is 0. The van der Waals surface area contributed by atoms with Crippen LogP contribution in [0.5, 0.6) is 0 Å². The topological polar surface area (TPSA) is 70.9 Å². The number of nitrogens with zero attached hydrogens (tertiary/aromatic N) is 1. The molecule has 0 radical (unpaired) electrons. The number of hydrogen-bond donors (Lipinski definition) is 2. The van der Waals surface area contributed by atoms with E-state index < -0.39 is 5.76 Å². The largest absolute Gasteiger partial charge is 0.417 e. The lowest BCUT2D eigenvalue weighted by Crippen LogP contribution is -1.92. The SMILES string of the molecule is O=c1[nH]c2ccc(Nc3ccc(Br)cn3)cc2o1. The van der Waals surface area contributed by atoms with Crippen LogP contribution in [0.15, 0.2) is 50.2 Å². The van der Waals surface area contributed by atoms with E-state index in [1.165, 1.54) is 0 Å². The highest BCUT2D eigenvalue weighted by atomic mass is 79.9. The number of halogens is 1. The molecule has 0 amide bonds. The number of aromatic amines is 1. The first-order chi connectivity index (χ1) is 8.70. The summed E-state index contributed by atoms with van der Waals surface area (Å²) in [6, 6.07) is 9.11. The van der Waals surface area contributed by atoms with Gasteiger partial charge in [-0.25, -0.2) is 9.78 Å². The zero-order valence-corrected chi connectivity index (χ0v) is 10.7. The third kappa shape index (κ3) is 2.14. The van der Waals surface area contributed by atoms with Crippen molar-refractivity contribution in [3.63, 3.8) is 0 Å². The number of anilines is 2. The normalized spacial score (nSPS) is 10.7. The number of fused-ring (bicyclic) bond motifs is 1. The lowest BCUT2D eigenvalue weighted by Gasteiger charge is -2.04. The van der Waals surface area contributed by atoms with E-state index >= 15 is 0 Å². The second-order valence-electron chi connectivity index (χ2n) is 3.71. The van der Waals surface area contributed by atoms with Gasteiger partial charge in [0.25, 0.3) is 0 Å². The number of oxazole rings is 1. The summed E-state index contributed by atoms with van der Waals surface area (Å²) in [5.41, 5.74) is 2.00. The molecule has 0 fully saturated rings. The van der Waals surface area contributed by atoms with E-state index in [0.29, 0.717) is 11.1 Å². The van der Waals surface area contributed by atoms with Crippen LogP contribution < -0.4 is 11.1 Å². The van der Waals surface area contributed by atoms with Gasteiger partial charge >= 0.3 is 5.76 Å². The first kappa shape index (κ1) is 11.0. The summed E-state index contributed by atoms with van der Waals surface area (Å²) in [6.45, 7) is 0. The highest BCUT2D eigenvalue weighted by Crippen LogP contribution is 2.20. The van der Waals surface area contributed by atoms with Crippen molar-refractivity contribution in [3.8, 4) is 0 Å². The lowest BCUT2D eigenvalue weighted by atomic mass is 10.3. The number of nitrogens with one attached hydrogen (secondary N) is 2. The quantitative estimate of drug-likeness (QED) is 0.763. The van der Waals surface area contributed by atoms with Crippen molar-refractivity contribution < 1.29 is 4.42 Å². The molecule has 3 rings (SSSR count). The van der Waals surface area contributed by atoms with Crippen molar-refractivity contribution >= 4 is 38.5 Å². The molecule has 0 bridgehead atoms. The second kappa shape index (κ2) is 4.30. The summed E-state index contributed by atoms with van der Waals surface area (Å²) in [5, 5.41) is 3.12. The number of benzene rings is 1. The molecule has 0 aliphatic rings. The van der Waals surface area contributed by atoms with Gasteiger partial charge in [0.15, 0.2) is 5.58 Å². The number of H-pyrrole nitrogens is 1. The Kier molecular flexibility index (Phi) is 2.64. The zero-order chi connectivity index (χ0) is 12.5. The smallest absolute Gasteiger partial charge is 0.408 e. The maximum atomic E-state index is 11.0. The molecular formula is C12H8BrN3O2. The summed E-state index contributed by atoms with van der Waals surface area (Å²) in [5.74, 6) is 0.263. The monoisotopic (exact) mass is 305 g/mol. The van der Waals surface area contributed by atoms with Gasteiger partial charge in [-0.05, 0) is 40.2 Å². The Hall–Kier alpha value is -2.08. The van der Waals surface area contributed by atoms with Gasteiger partial charge in [-0.15, -0.1) is 0 Å². The van der Waals surface area contributed by atoms with Crippen LogP contribution in [0.3, 0.4) is 0 Å². The summed E-state index contributed by atoms with van der Waals surface area (Å²) in [4.78, 5) is 17.8. The number of hydrogen-bond acceptors (Lipinski definition) is 4. The molecule has 2 aromatic heterocycles. The molecular weight excluding hydrogens is 298 g/mol. The van der Waals surface area contributed by atoms with Crippen molar-refractivity contribution in [2.75, 3.05) is 5.32 Å². The fourth-order valence-electron chi connectivity index (χ4n) is 1.62. The molecule has 1 aromatic carbocycles. The molecule has 0 saturated carbocycles. The van der Waals surface area contributed by atoms with Gasteiger partial charge in [0, 0.05) is 22.4 Å². The van der Waals surface area contributed by atoms with Crippen LogP contribution in [-0.4, -0.2) is 9.97 Å². The highest BCUT2D eigenvalue weighted by Gasteiger charge is 2.02. The van der Waals surface area contributed by atoms with Crippen LogP contribution in [0.2, 0.25) is 0 Å². The predicted molar refractivity (Wildman–Crippen MR) is 72.1 cm³/mol. The molecule has 0 aliphatic heterocycles. The maximum absolute atomic E-state index is 11.0. The van der Waals surface area contributed by atoms with Gasteiger partial charge in [0.2, 0.25) is 0 Å². The lowest BCUT2D eigenvalue weighted by molar-refractivity contribution is 0.555. The van der Waals surface area contributed by atoms with E-state index in [0.717, 1.165) is 16.0 Å². The third-order valence-electron chi connectivity index (χ3n) is 2.42. The van der Waals surface area contributed by atoms with Crippen LogP contribution in [0, 0.1) is 0 Å². The predicted octanol–water partition coefficient (Wildman–Crippen LogP) is 3.02. The average molecular weight is 306 g/mol. The van der Waals surface area contributed by atoms with Gasteiger partial charge in [0.1, 0.15) is 5.82 Å². The van der Waals surface area contributed by atoms with Crippen molar-refractivity contribution in [2.24, 2.45) is 0 Å². The fourth-order valence-corrected chi connectivity index (χ4v) is 1.86. The van der Waals surface area contributed by atoms with E-state index in [9.17, 15) is 4.79 Å². The van der Waals surface area contributed by atoms with Crippen molar-refractivity contribution in [1.82, 2.24) is 9.97 Å². The minimum atomic E-state index is -0.455. The Morgan fingerprint density at radius 3 is 2.94 bits per heavy atom. The Balaban J connectivity index is 1.94. The Morgan fingerprint density at radius 2 is 2.17 bits per heavy atom. The van der Waals surface area contributed by atoms with Crippen LogP contribution in [0.1, 0.15) is 0 Å². The second-order valence-corrected chi connectivity index (χ2v) is 4.63. The molecule has 6 heteroatoms.